The van der Waals surface area contributed by atoms with Gasteiger partial charge < -0.3 is 9.72 Å². The van der Waals surface area contributed by atoms with Crippen LogP contribution in [0.1, 0.15) is 23.4 Å². The Balaban J connectivity index is 2.50. The molecule has 1 aromatic carbocycles. The highest BCUT2D eigenvalue weighted by Crippen LogP contribution is 2.35. The smallest absolute Gasteiger partial charge is 0.323 e. The minimum atomic E-state index is -0.263. The van der Waals surface area contributed by atoms with Crippen LogP contribution in [0.4, 0.5) is 0 Å². The van der Waals surface area contributed by atoms with E-state index in [4.69, 9.17) is 4.74 Å². The van der Waals surface area contributed by atoms with Crippen molar-refractivity contribution in [2.45, 2.75) is 19.1 Å². The minimum absolute atomic E-state index is 0.169. The van der Waals surface area contributed by atoms with Crippen LogP contribution in [0, 0.1) is 6.92 Å². The molecule has 1 atom stereocenters. The molecule has 0 aliphatic carbocycles. The average Bonchev–Trinajstić information content (AvgIpc) is 2.68. The first-order valence-electron chi connectivity index (χ1n) is 5.95. The van der Waals surface area contributed by atoms with E-state index in [1.165, 1.54) is 11.8 Å². The molecule has 0 saturated heterocycles. The summed E-state index contributed by atoms with van der Waals surface area (Å²) in [5, 5.41) is 0.837. The number of rotatable bonds is 4. The number of H-pyrrole nitrogens is 1. The molecule has 3 nitrogen and oxygen atoms in total. The lowest BCUT2D eigenvalue weighted by atomic mass is 10.1. The molecule has 1 N–H and O–H groups in total. The molecule has 4 heteroatoms. The number of hydrogen-bond acceptors (Lipinski definition) is 3. The Morgan fingerprint density at radius 1 is 1.44 bits per heavy atom. The van der Waals surface area contributed by atoms with Crippen molar-refractivity contribution in [3.05, 3.63) is 35.5 Å². The summed E-state index contributed by atoms with van der Waals surface area (Å²) in [6.07, 6.45) is 1.93. The number of carbonyl (C=O) groups excluding carboxylic acids is 1. The van der Waals surface area contributed by atoms with E-state index >= 15 is 0 Å². The summed E-state index contributed by atoms with van der Waals surface area (Å²) in [7, 11) is 0. The number of fused-ring (bicyclic) bond motifs is 1. The fourth-order valence-electron chi connectivity index (χ4n) is 2.19. The van der Waals surface area contributed by atoms with Crippen molar-refractivity contribution in [2.75, 3.05) is 12.9 Å². The molecule has 1 unspecified atom stereocenters. The fourth-order valence-corrected chi connectivity index (χ4v) is 2.99. The third-order valence-corrected chi connectivity index (χ3v) is 3.84. The van der Waals surface area contributed by atoms with Crippen LogP contribution in [0.5, 0.6) is 0 Å². The number of carbonyl (C=O) groups is 1. The summed E-state index contributed by atoms with van der Waals surface area (Å²) in [4.78, 5) is 15.3. The lowest BCUT2D eigenvalue weighted by Gasteiger charge is -2.13. The van der Waals surface area contributed by atoms with Gasteiger partial charge >= 0.3 is 5.97 Å². The van der Waals surface area contributed by atoms with Crippen LogP contribution in [0.2, 0.25) is 0 Å². The first kappa shape index (κ1) is 13.0. The number of nitrogens with one attached hydrogen (secondary N) is 1. The zero-order valence-corrected chi connectivity index (χ0v) is 11.6. The second-order valence-electron chi connectivity index (χ2n) is 4.08. The first-order chi connectivity index (χ1) is 8.69. The average molecular weight is 263 g/mol. The molecule has 1 heterocycles. The van der Waals surface area contributed by atoms with Crippen LogP contribution >= 0.6 is 11.8 Å². The highest BCUT2D eigenvalue weighted by Gasteiger charge is 2.25. The Hall–Kier alpha value is -1.42. The number of hydrogen-bond donors (Lipinski definition) is 1. The molecule has 0 fully saturated rings. The Kier molecular flexibility index (Phi) is 3.97. The van der Waals surface area contributed by atoms with Gasteiger partial charge in [-0.2, -0.15) is 0 Å². The van der Waals surface area contributed by atoms with E-state index in [2.05, 4.69) is 4.98 Å². The lowest BCUT2D eigenvalue weighted by Crippen LogP contribution is -2.13. The van der Waals surface area contributed by atoms with E-state index in [1.807, 2.05) is 44.4 Å². The molecule has 0 aliphatic rings. The van der Waals surface area contributed by atoms with Crippen LogP contribution in [-0.4, -0.2) is 23.8 Å². The van der Waals surface area contributed by atoms with Crippen LogP contribution in [0.25, 0.3) is 10.9 Å². The van der Waals surface area contributed by atoms with Crippen LogP contribution < -0.4 is 0 Å². The summed E-state index contributed by atoms with van der Waals surface area (Å²) >= 11 is 1.51. The zero-order valence-electron chi connectivity index (χ0n) is 10.8. The second-order valence-corrected chi connectivity index (χ2v) is 5.02. The number of para-hydroxylation sites is 1. The monoisotopic (exact) mass is 263 g/mol. The van der Waals surface area contributed by atoms with Gasteiger partial charge in [0.05, 0.1) is 6.61 Å². The fraction of sp³-hybridized carbons (Fsp3) is 0.357. The topological polar surface area (TPSA) is 42.1 Å². The zero-order chi connectivity index (χ0) is 13.1. The number of benzene rings is 1. The van der Waals surface area contributed by atoms with Crippen molar-refractivity contribution in [1.29, 1.82) is 0 Å². The summed E-state index contributed by atoms with van der Waals surface area (Å²) in [6.45, 7) is 4.24. The van der Waals surface area contributed by atoms with Crippen LogP contribution in [0.15, 0.2) is 24.3 Å². The Morgan fingerprint density at radius 2 is 2.17 bits per heavy atom. The summed E-state index contributed by atoms with van der Waals surface area (Å²) in [5.41, 5.74) is 3.13. The maximum Gasteiger partial charge on any atom is 0.323 e. The van der Waals surface area contributed by atoms with Gasteiger partial charge in [-0.1, -0.05) is 18.2 Å². The van der Waals surface area contributed by atoms with Crippen LogP contribution in [-0.2, 0) is 9.53 Å². The molecule has 2 rings (SSSR count). The molecule has 2 aromatic rings. The van der Waals surface area contributed by atoms with E-state index in [0.29, 0.717) is 6.61 Å². The molecular weight excluding hydrogens is 246 g/mol. The van der Waals surface area contributed by atoms with Crippen molar-refractivity contribution < 1.29 is 9.53 Å². The summed E-state index contributed by atoms with van der Waals surface area (Å²) < 4.78 is 5.15. The van der Waals surface area contributed by atoms with Gasteiger partial charge in [-0.3, -0.25) is 4.79 Å². The van der Waals surface area contributed by atoms with E-state index in [1.54, 1.807) is 0 Å². The molecule has 0 radical (unpaired) electrons. The number of ether oxygens (including phenoxy) is 1. The second kappa shape index (κ2) is 5.48. The number of aromatic amines is 1. The Bertz CT molecular complexity index is 562. The number of aryl methyl sites for hydroxylation is 1. The predicted octanol–water partition coefficient (Wildman–Crippen LogP) is 3.44. The van der Waals surface area contributed by atoms with Gasteiger partial charge in [0.25, 0.3) is 0 Å². The Morgan fingerprint density at radius 3 is 2.83 bits per heavy atom. The van der Waals surface area contributed by atoms with Crippen molar-refractivity contribution in [3.63, 3.8) is 0 Å². The summed E-state index contributed by atoms with van der Waals surface area (Å²) in [6, 6.07) is 8.03. The van der Waals surface area contributed by atoms with Gasteiger partial charge in [0.2, 0.25) is 0 Å². The van der Waals surface area contributed by atoms with Gasteiger partial charge in [-0.15, -0.1) is 11.8 Å². The Labute approximate surface area is 111 Å². The number of esters is 1. The molecule has 18 heavy (non-hydrogen) atoms. The van der Waals surface area contributed by atoms with E-state index in [-0.39, 0.29) is 11.2 Å². The summed E-state index contributed by atoms with van der Waals surface area (Å²) in [5.74, 6) is -0.169. The largest absolute Gasteiger partial charge is 0.465 e. The van der Waals surface area contributed by atoms with E-state index in [0.717, 1.165) is 22.2 Å². The standard InChI is InChI=1S/C14H17NO2S/c1-4-17-14(16)13(18-3)12-9(2)15-11-8-6-5-7-10(11)12/h5-8,13,15H,4H2,1-3H3. The first-order valence-corrected chi connectivity index (χ1v) is 7.24. The van der Waals surface area contributed by atoms with Gasteiger partial charge in [0.1, 0.15) is 5.25 Å². The van der Waals surface area contributed by atoms with Gasteiger partial charge in [0, 0.05) is 22.2 Å². The van der Waals surface area contributed by atoms with E-state index in [9.17, 15) is 4.79 Å². The molecule has 0 aliphatic heterocycles. The third-order valence-electron chi connectivity index (χ3n) is 2.94. The van der Waals surface area contributed by atoms with E-state index < -0.39 is 0 Å². The molecule has 0 amide bonds. The molecule has 0 spiro atoms. The SMILES string of the molecule is CCOC(=O)C(SC)c1c(C)[nH]c2ccccc12. The maximum absolute atomic E-state index is 12.0. The van der Waals surface area contributed by atoms with Crippen LogP contribution in [0.3, 0.4) is 0 Å². The van der Waals surface area contributed by atoms with Crippen molar-refractivity contribution in [2.24, 2.45) is 0 Å². The minimum Gasteiger partial charge on any atom is -0.465 e. The van der Waals surface area contributed by atoms with Crippen molar-refractivity contribution in [1.82, 2.24) is 4.98 Å². The lowest BCUT2D eigenvalue weighted by molar-refractivity contribution is -0.142. The highest BCUT2D eigenvalue weighted by molar-refractivity contribution is 7.99. The third kappa shape index (κ3) is 2.25. The molecular formula is C14H17NO2S. The molecule has 0 bridgehead atoms. The van der Waals surface area contributed by atoms with Crippen molar-refractivity contribution in [3.8, 4) is 0 Å². The number of aromatic nitrogens is 1. The van der Waals surface area contributed by atoms with Gasteiger partial charge in [0.15, 0.2) is 0 Å². The normalized spacial score (nSPS) is 12.6. The van der Waals surface area contributed by atoms with Crippen molar-refractivity contribution >= 4 is 28.6 Å². The highest BCUT2D eigenvalue weighted by atomic mass is 32.2. The van der Waals surface area contributed by atoms with Gasteiger partial charge in [-0.25, -0.2) is 0 Å². The molecule has 96 valence electrons. The predicted molar refractivity (Wildman–Crippen MR) is 75.9 cm³/mol. The van der Waals surface area contributed by atoms with Gasteiger partial charge in [-0.05, 0) is 26.2 Å². The quantitative estimate of drug-likeness (QED) is 0.859. The molecule has 1 aromatic heterocycles. The maximum atomic E-state index is 12.0. The molecule has 0 saturated carbocycles. The number of thioether (sulfide) groups is 1.